The molecule has 3 nitrogen and oxygen atoms in total. The Morgan fingerprint density at radius 3 is 1.62 bits per heavy atom. The number of alkyl halides is 1. The van der Waals surface area contributed by atoms with Gasteiger partial charge in [0.1, 0.15) is 0 Å². The monoisotopic (exact) mass is 359 g/mol. The van der Waals surface area contributed by atoms with Crippen LogP contribution in [0, 0.1) is 0 Å². The van der Waals surface area contributed by atoms with Crippen molar-refractivity contribution in [3.63, 3.8) is 0 Å². The summed E-state index contributed by atoms with van der Waals surface area (Å²) in [5.74, 6) is 0. The third kappa shape index (κ3) is 19.6. The first-order valence-electron chi connectivity index (χ1n) is 8.05. The fourth-order valence-electron chi connectivity index (χ4n) is 1.97. The highest BCUT2D eigenvalue weighted by molar-refractivity contribution is 9.09. The summed E-state index contributed by atoms with van der Waals surface area (Å²) in [4.78, 5) is 3.78. The Morgan fingerprint density at radius 2 is 1.29 bits per heavy atom. The maximum atomic E-state index is 8.99. The van der Waals surface area contributed by atoms with Crippen molar-refractivity contribution in [2.45, 2.75) is 75.8 Å². The molecule has 0 radical (unpaired) electrons. The molecule has 1 rings (SSSR count). The van der Waals surface area contributed by atoms with E-state index in [9.17, 15) is 0 Å². The second-order valence-corrected chi connectivity index (χ2v) is 6.59. The number of nitrogens with zero attached hydrogens (tertiary/aromatic N) is 1. The normalized spacial score (nSPS) is 10.9. The Morgan fingerprint density at radius 1 is 0.810 bits per heavy atom. The Labute approximate surface area is 137 Å². The van der Waals surface area contributed by atoms with Gasteiger partial charge >= 0.3 is 0 Å². The lowest BCUT2D eigenvalue weighted by atomic mass is 10.1. The van der Waals surface area contributed by atoms with Gasteiger partial charge in [0.2, 0.25) is 4.70 Å². The summed E-state index contributed by atoms with van der Waals surface area (Å²) < 4.78 is -1.64. The molecule has 21 heavy (non-hydrogen) atoms. The molecule has 1 aromatic rings. The smallest absolute Gasteiger partial charge is 0.221 e. The van der Waals surface area contributed by atoms with E-state index in [1.807, 2.05) is 18.2 Å². The van der Waals surface area contributed by atoms with Crippen molar-refractivity contribution in [1.29, 1.82) is 0 Å². The first kappa shape index (κ1) is 20.6. The number of aromatic nitrogens is 1. The van der Waals surface area contributed by atoms with E-state index in [0.717, 1.165) is 12.8 Å². The van der Waals surface area contributed by atoms with Crippen molar-refractivity contribution >= 4 is 15.9 Å². The Hall–Kier alpha value is -0.450. The van der Waals surface area contributed by atoms with Crippen LogP contribution < -0.4 is 0 Å². The number of pyridine rings is 1. The minimum absolute atomic E-state index is 0.419. The van der Waals surface area contributed by atoms with Gasteiger partial charge in [0.25, 0.3) is 0 Å². The van der Waals surface area contributed by atoms with E-state index < -0.39 is 4.70 Å². The molecule has 0 atom stereocenters. The van der Waals surface area contributed by atoms with E-state index in [1.165, 1.54) is 44.9 Å². The molecule has 2 N–H and O–H groups in total. The summed E-state index contributed by atoms with van der Waals surface area (Å²) in [6.45, 7) is 2.23. The van der Waals surface area contributed by atoms with E-state index in [0.29, 0.717) is 6.42 Å². The van der Waals surface area contributed by atoms with Crippen molar-refractivity contribution in [1.82, 2.24) is 4.98 Å². The number of hydrogen-bond acceptors (Lipinski definition) is 3. The third-order valence-corrected chi connectivity index (χ3v) is 3.56. The second kappa shape index (κ2) is 14.5. The fourth-order valence-corrected chi connectivity index (χ4v) is 2.25. The summed E-state index contributed by atoms with van der Waals surface area (Å²) in [6.07, 6.45) is 15.1. The Bertz CT molecular complexity index is 275. The largest absolute Gasteiger partial charge is 0.357 e. The molecular weight excluding hydrogens is 330 g/mol. The van der Waals surface area contributed by atoms with Gasteiger partial charge in [0, 0.05) is 18.8 Å². The number of hydrogen-bond donors (Lipinski definition) is 2. The van der Waals surface area contributed by atoms with Crippen LogP contribution >= 0.6 is 15.9 Å². The predicted octanol–water partition coefficient (Wildman–Crippen LogP) is 5.02. The lowest BCUT2D eigenvalue weighted by Gasteiger charge is -2.12. The van der Waals surface area contributed by atoms with Gasteiger partial charge in [-0.25, -0.2) is 0 Å². The molecular formula is C17H30BrNO2. The zero-order valence-electron chi connectivity index (χ0n) is 13.2. The highest BCUT2D eigenvalue weighted by Gasteiger charge is 2.15. The lowest BCUT2D eigenvalue weighted by Crippen LogP contribution is -2.17. The van der Waals surface area contributed by atoms with Gasteiger partial charge in [-0.2, -0.15) is 0 Å². The summed E-state index contributed by atoms with van der Waals surface area (Å²) in [5.41, 5.74) is 0. The van der Waals surface area contributed by atoms with Gasteiger partial charge in [-0.1, -0.05) is 64.4 Å². The van der Waals surface area contributed by atoms with Gasteiger partial charge in [-0.05, 0) is 34.5 Å². The van der Waals surface area contributed by atoms with Crippen LogP contribution in [-0.2, 0) is 0 Å². The molecule has 0 spiro atoms. The molecule has 122 valence electrons. The van der Waals surface area contributed by atoms with Gasteiger partial charge < -0.3 is 10.2 Å². The first-order chi connectivity index (χ1) is 10.1. The van der Waals surface area contributed by atoms with Gasteiger partial charge in [0.05, 0.1) is 0 Å². The zero-order valence-corrected chi connectivity index (χ0v) is 14.8. The quantitative estimate of drug-likeness (QED) is 0.350. The number of halogens is 1. The van der Waals surface area contributed by atoms with E-state index in [1.54, 1.807) is 12.4 Å². The fraction of sp³-hybridized carbons (Fsp3) is 0.706. The standard InChI is InChI=1S/C12H25BrO2.C5H5N/c1-2-3-4-5-6-7-8-9-10-11-12(13,14)15;1-2-4-6-5-3-1/h14-15H,2-11H2,1H3;1-5H. The van der Waals surface area contributed by atoms with Crippen molar-refractivity contribution < 1.29 is 10.2 Å². The van der Waals surface area contributed by atoms with Gasteiger partial charge in [0.15, 0.2) is 0 Å². The molecule has 1 heterocycles. The molecule has 0 saturated heterocycles. The SMILES string of the molecule is CCCCCCCCCCCC(O)(O)Br.c1ccncc1. The molecule has 0 aliphatic heterocycles. The molecule has 0 aliphatic rings. The molecule has 4 heteroatoms. The number of rotatable bonds is 10. The summed E-state index contributed by atoms with van der Waals surface area (Å²) in [7, 11) is 0. The van der Waals surface area contributed by atoms with E-state index in [2.05, 4.69) is 27.8 Å². The molecule has 0 fully saturated rings. The minimum atomic E-state index is -1.64. The average molecular weight is 360 g/mol. The van der Waals surface area contributed by atoms with Crippen molar-refractivity contribution in [2.75, 3.05) is 0 Å². The molecule has 0 saturated carbocycles. The maximum absolute atomic E-state index is 8.99. The molecule has 1 aromatic heterocycles. The summed E-state index contributed by atoms with van der Waals surface area (Å²) in [5, 5.41) is 18.0. The predicted molar refractivity (Wildman–Crippen MR) is 92.2 cm³/mol. The topological polar surface area (TPSA) is 53.4 Å². The zero-order chi connectivity index (χ0) is 15.8. The van der Waals surface area contributed by atoms with E-state index in [-0.39, 0.29) is 0 Å². The molecule has 0 bridgehead atoms. The van der Waals surface area contributed by atoms with E-state index in [4.69, 9.17) is 10.2 Å². The molecule has 0 amide bonds. The highest BCUT2D eigenvalue weighted by atomic mass is 79.9. The van der Waals surface area contributed by atoms with Crippen LogP contribution in [0.4, 0.5) is 0 Å². The lowest BCUT2D eigenvalue weighted by molar-refractivity contribution is -0.0753. The van der Waals surface area contributed by atoms with Crippen LogP contribution in [0.1, 0.15) is 71.1 Å². The van der Waals surface area contributed by atoms with Crippen molar-refractivity contribution in [2.24, 2.45) is 0 Å². The third-order valence-electron chi connectivity index (χ3n) is 3.16. The first-order valence-corrected chi connectivity index (χ1v) is 8.84. The van der Waals surface area contributed by atoms with Crippen LogP contribution in [0.5, 0.6) is 0 Å². The van der Waals surface area contributed by atoms with Crippen LogP contribution in [0.3, 0.4) is 0 Å². The van der Waals surface area contributed by atoms with E-state index >= 15 is 0 Å². The van der Waals surface area contributed by atoms with Gasteiger partial charge in [-0.15, -0.1) is 0 Å². The number of aliphatic hydroxyl groups is 2. The van der Waals surface area contributed by atoms with Crippen LogP contribution in [0.2, 0.25) is 0 Å². The maximum Gasteiger partial charge on any atom is 0.221 e. The Balaban J connectivity index is 0.000000547. The second-order valence-electron chi connectivity index (χ2n) is 5.32. The Kier molecular flexibility index (Phi) is 14.2. The van der Waals surface area contributed by atoms with Crippen molar-refractivity contribution in [3.8, 4) is 0 Å². The average Bonchev–Trinajstić information content (AvgIpc) is 2.47. The minimum Gasteiger partial charge on any atom is -0.357 e. The summed E-state index contributed by atoms with van der Waals surface area (Å²) in [6, 6.07) is 5.72. The van der Waals surface area contributed by atoms with Crippen LogP contribution in [0.15, 0.2) is 30.6 Å². The molecule has 0 aromatic carbocycles. The van der Waals surface area contributed by atoms with Crippen LogP contribution in [-0.4, -0.2) is 19.9 Å². The highest BCUT2D eigenvalue weighted by Crippen LogP contribution is 2.19. The van der Waals surface area contributed by atoms with Gasteiger partial charge in [-0.3, -0.25) is 4.98 Å². The summed E-state index contributed by atoms with van der Waals surface area (Å²) >= 11 is 2.80. The number of unbranched alkanes of at least 4 members (excludes halogenated alkanes) is 8. The van der Waals surface area contributed by atoms with Crippen LogP contribution in [0.25, 0.3) is 0 Å². The van der Waals surface area contributed by atoms with Crippen molar-refractivity contribution in [3.05, 3.63) is 30.6 Å². The molecule has 0 aliphatic carbocycles. The molecule has 0 unspecified atom stereocenters.